The summed E-state index contributed by atoms with van der Waals surface area (Å²) < 4.78 is 38.3. The molecule has 0 bridgehead atoms. The fraction of sp³-hybridized carbons (Fsp3) is 0.500. The van der Waals surface area contributed by atoms with Crippen molar-refractivity contribution < 1.29 is 17.6 Å². The first-order chi connectivity index (χ1) is 11.0. The van der Waals surface area contributed by atoms with Crippen molar-refractivity contribution >= 4 is 10.0 Å². The van der Waals surface area contributed by atoms with Crippen molar-refractivity contribution in [1.29, 1.82) is 0 Å². The average Bonchev–Trinajstić information content (AvgIpc) is 3.21. The number of pyridine rings is 1. The number of aromatic nitrogens is 3. The van der Waals surface area contributed by atoms with Crippen LogP contribution in [0.3, 0.4) is 0 Å². The van der Waals surface area contributed by atoms with E-state index in [1.54, 1.807) is 25.3 Å². The molecule has 2 saturated heterocycles. The molecule has 0 saturated carbocycles. The second kappa shape index (κ2) is 5.08. The van der Waals surface area contributed by atoms with Gasteiger partial charge in [0.25, 0.3) is 0 Å². The molecule has 2 aliphatic heterocycles. The molecule has 2 atom stereocenters. The van der Waals surface area contributed by atoms with Gasteiger partial charge in [-0.1, -0.05) is 0 Å². The summed E-state index contributed by atoms with van der Waals surface area (Å²) >= 11 is 0. The lowest BCUT2D eigenvalue weighted by atomic mass is 9.81. The number of aryl methyl sites for hydroxylation is 1. The van der Waals surface area contributed by atoms with Gasteiger partial charge in [-0.2, -0.15) is 4.31 Å². The van der Waals surface area contributed by atoms with Crippen LogP contribution in [-0.2, 0) is 20.2 Å². The van der Waals surface area contributed by atoms with Crippen LogP contribution in [0.15, 0.2) is 33.8 Å². The van der Waals surface area contributed by atoms with Crippen LogP contribution < -0.4 is 0 Å². The second-order valence-corrected chi connectivity index (χ2v) is 7.92. The van der Waals surface area contributed by atoms with Crippen LogP contribution in [-0.4, -0.2) is 54.2 Å². The van der Waals surface area contributed by atoms with E-state index in [1.807, 2.05) is 0 Å². The lowest BCUT2D eigenvalue weighted by molar-refractivity contribution is 0.155. The van der Waals surface area contributed by atoms with Crippen LogP contribution in [0.25, 0.3) is 0 Å². The molecule has 2 aromatic heterocycles. The third-order valence-corrected chi connectivity index (χ3v) is 6.36. The van der Waals surface area contributed by atoms with Gasteiger partial charge in [0, 0.05) is 38.3 Å². The predicted molar refractivity (Wildman–Crippen MR) is 78.0 cm³/mol. The SMILES string of the molecule is Cc1nnc([C@@]23COC[C@@H]2CN(S(=O)(=O)c2cccnc2)C3)o1. The highest BCUT2D eigenvalue weighted by Gasteiger charge is 2.57. The number of nitrogens with zero attached hydrogens (tertiary/aromatic N) is 4. The fourth-order valence-electron chi connectivity index (χ4n) is 3.32. The summed E-state index contributed by atoms with van der Waals surface area (Å²) in [5.41, 5.74) is -0.559. The van der Waals surface area contributed by atoms with E-state index in [0.717, 1.165) is 0 Å². The van der Waals surface area contributed by atoms with Gasteiger partial charge >= 0.3 is 0 Å². The Labute approximate surface area is 133 Å². The van der Waals surface area contributed by atoms with E-state index < -0.39 is 15.4 Å². The summed E-state index contributed by atoms with van der Waals surface area (Å²) in [6, 6.07) is 3.17. The van der Waals surface area contributed by atoms with Crippen LogP contribution >= 0.6 is 0 Å². The van der Waals surface area contributed by atoms with Crippen molar-refractivity contribution in [3.8, 4) is 0 Å². The van der Waals surface area contributed by atoms with Crippen LogP contribution in [0, 0.1) is 12.8 Å². The minimum Gasteiger partial charge on any atom is -0.425 e. The molecule has 2 aliphatic rings. The zero-order chi connectivity index (χ0) is 16.1. The molecule has 4 rings (SSSR count). The maximum absolute atomic E-state index is 12.8. The Bertz CT molecular complexity index is 822. The molecule has 2 fully saturated rings. The largest absolute Gasteiger partial charge is 0.425 e. The highest BCUT2D eigenvalue weighted by Crippen LogP contribution is 2.44. The molecule has 0 unspecified atom stereocenters. The van der Waals surface area contributed by atoms with Crippen molar-refractivity contribution in [2.75, 3.05) is 26.3 Å². The van der Waals surface area contributed by atoms with E-state index in [4.69, 9.17) is 9.15 Å². The Morgan fingerprint density at radius 1 is 1.39 bits per heavy atom. The highest BCUT2D eigenvalue weighted by atomic mass is 32.2. The van der Waals surface area contributed by atoms with E-state index in [0.29, 0.717) is 31.5 Å². The van der Waals surface area contributed by atoms with E-state index in [1.165, 1.54) is 10.5 Å². The molecule has 0 amide bonds. The smallest absolute Gasteiger partial charge is 0.244 e. The van der Waals surface area contributed by atoms with Gasteiger partial charge in [-0.3, -0.25) is 4.98 Å². The molecule has 9 heteroatoms. The summed E-state index contributed by atoms with van der Waals surface area (Å²) in [7, 11) is -3.59. The topological polar surface area (TPSA) is 98.4 Å². The molecule has 0 N–H and O–H groups in total. The minimum absolute atomic E-state index is 0.00814. The number of sulfonamides is 1. The number of rotatable bonds is 3. The Morgan fingerprint density at radius 2 is 2.26 bits per heavy atom. The van der Waals surface area contributed by atoms with Crippen LogP contribution in [0.2, 0.25) is 0 Å². The van der Waals surface area contributed by atoms with E-state index in [2.05, 4.69) is 15.2 Å². The van der Waals surface area contributed by atoms with Gasteiger partial charge in [0.15, 0.2) is 0 Å². The van der Waals surface area contributed by atoms with Crippen LogP contribution in [0.1, 0.15) is 11.8 Å². The minimum atomic E-state index is -3.59. The summed E-state index contributed by atoms with van der Waals surface area (Å²) in [6.45, 7) is 3.24. The first kappa shape index (κ1) is 14.7. The number of ether oxygens (including phenoxy) is 1. The van der Waals surface area contributed by atoms with Crippen molar-refractivity contribution in [3.63, 3.8) is 0 Å². The Hall–Kier alpha value is -1.84. The normalized spacial score (nSPS) is 28.1. The Morgan fingerprint density at radius 3 is 2.96 bits per heavy atom. The van der Waals surface area contributed by atoms with E-state index >= 15 is 0 Å². The molecule has 2 aromatic rings. The third kappa shape index (κ3) is 2.19. The first-order valence-electron chi connectivity index (χ1n) is 7.31. The summed E-state index contributed by atoms with van der Waals surface area (Å²) in [4.78, 5) is 4.09. The fourth-order valence-corrected chi connectivity index (χ4v) is 4.84. The molecule has 8 nitrogen and oxygen atoms in total. The van der Waals surface area contributed by atoms with Crippen LogP contribution in [0.4, 0.5) is 0 Å². The number of hydrogen-bond acceptors (Lipinski definition) is 7. The van der Waals surface area contributed by atoms with E-state index in [9.17, 15) is 8.42 Å². The van der Waals surface area contributed by atoms with Crippen LogP contribution in [0.5, 0.6) is 0 Å². The number of fused-ring (bicyclic) bond motifs is 1. The molecular weight excluding hydrogens is 320 g/mol. The average molecular weight is 336 g/mol. The van der Waals surface area contributed by atoms with Crippen molar-refractivity contribution in [1.82, 2.24) is 19.5 Å². The summed E-state index contributed by atoms with van der Waals surface area (Å²) in [5.74, 6) is 0.934. The lowest BCUT2D eigenvalue weighted by Crippen LogP contribution is -2.37. The molecular formula is C14H16N4O4S. The van der Waals surface area contributed by atoms with Crippen molar-refractivity contribution in [2.45, 2.75) is 17.2 Å². The van der Waals surface area contributed by atoms with Gasteiger partial charge in [-0.25, -0.2) is 8.42 Å². The summed E-state index contributed by atoms with van der Waals surface area (Å²) in [6.07, 6.45) is 2.91. The third-order valence-electron chi connectivity index (χ3n) is 4.57. The Balaban J connectivity index is 1.70. The first-order valence-corrected chi connectivity index (χ1v) is 8.75. The van der Waals surface area contributed by atoms with Gasteiger partial charge in [-0.05, 0) is 12.1 Å². The van der Waals surface area contributed by atoms with Gasteiger partial charge in [0.1, 0.15) is 4.90 Å². The maximum atomic E-state index is 12.8. The van der Waals surface area contributed by atoms with Crippen molar-refractivity contribution in [2.24, 2.45) is 5.92 Å². The van der Waals surface area contributed by atoms with Gasteiger partial charge in [0.2, 0.25) is 21.8 Å². The van der Waals surface area contributed by atoms with Gasteiger partial charge < -0.3 is 9.15 Å². The zero-order valence-corrected chi connectivity index (χ0v) is 13.4. The summed E-state index contributed by atoms with van der Waals surface area (Å²) in [5, 5.41) is 8.00. The van der Waals surface area contributed by atoms with Gasteiger partial charge in [-0.15, -0.1) is 10.2 Å². The molecule has 0 radical (unpaired) electrons. The quantitative estimate of drug-likeness (QED) is 0.798. The molecule has 0 spiro atoms. The monoisotopic (exact) mass is 336 g/mol. The molecule has 4 heterocycles. The predicted octanol–water partition coefficient (Wildman–Crippen LogP) is 0.362. The number of hydrogen-bond donors (Lipinski definition) is 0. The van der Waals surface area contributed by atoms with E-state index in [-0.39, 0.29) is 17.4 Å². The zero-order valence-electron chi connectivity index (χ0n) is 12.5. The standard InChI is InChI=1S/C14H16N4O4S/c1-10-16-17-13(22-10)14-8-18(6-11(14)7-21-9-14)23(19,20)12-3-2-4-15-5-12/h2-5,11H,6-9H2,1H3/t11-,14-/m0/s1. The maximum Gasteiger partial charge on any atom is 0.244 e. The van der Waals surface area contributed by atoms with Gasteiger partial charge in [0.05, 0.1) is 18.6 Å². The highest BCUT2D eigenvalue weighted by molar-refractivity contribution is 7.89. The molecule has 0 aliphatic carbocycles. The van der Waals surface area contributed by atoms with Crippen molar-refractivity contribution in [3.05, 3.63) is 36.3 Å². The second-order valence-electron chi connectivity index (χ2n) is 5.98. The molecule has 23 heavy (non-hydrogen) atoms. The molecule has 122 valence electrons. The lowest BCUT2D eigenvalue weighted by Gasteiger charge is -2.22. The Kier molecular flexibility index (Phi) is 3.26. The molecule has 0 aromatic carbocycles.